The predicted molar refractivity (Wildman–Crippen MR) is 162 cm³/mol. The third-order valence-corrected chi connectivity index (χ3v) is 7.11. The van der Waals surface area contributed by atoms with Crippen LogP contribution in [-0.4, -0.2) is 30.1 Å². The van der Waals surface area contributed by atoms with Gasteiger partial charge in [0.15, 0.2) is 5.78 Å². The predicted octanol–water partition coefficient (Wildman–Crippen LogP) is 7.24. The fourth-order valence-corrected chi connectivity index (χ4v) is 4.87. The first kappa shape index (κ1) is 28.6. The molecule has 5 rings (SSSR count). The molecule has 1 heterocycles. The highest BCUT2D eigenvalue weighted by molar-refractivity contribution is 6.00. The molecule has 4 aromatic carbocycles. The number of hydrogen-bond acceptors (Lipinski definition) is 6. The zero-order valence-corrected chi connectivity index (χ0v) is 23.2. The Bertz CT molecular complexity index is 1640. The second-order valence-corrected chi connectivity index (χ2v) is 10.0. The lowest BCUT2D eigenvalue weighted by atomic mass is 9.92. The van der Waals surface area contributed by atoms with Crippen molar-refractivity contribution in [2.75, 3.05) is 13.2 Å². The number of ether oxygens (including phenoxy) is 2. The standard InChI is InChI=1S/C35H33NO6/c36-34(35(39)26-11-5-2-6-12-26)30-21-27(15-13-25(30)14-18-33(37)38)40-19-7-8-20-41-28-16-17-29-31(23-42-32(29)22-28)24-9-3-1-4-10-24/h1-6,9-13,15-17,21-23,34H,7-8,14,18-20,36H2,(H,37,38). The van der Waals surface area contributed by atoms with Crippen LogP contribution in [-0.2, 0) is 11.2 Å². The van der Waals surface area contributed by atoms with Crippen molar-refractivity contribution < 1.29 is 28.6 Å². The van der Waals surface area contributed by atoms with Gasteiger partial charge in [-0.2, -0.15) is 0 Å². The SMILES string of the molecule is NC(C(=O)c1ccccc1)c1cc(OCCCCOc2ccc3c(-c4ccccc4)coc3c2)ccc1CCC(=O)O. The maximum absolute atomic E-state index is 13.0. The fraction of sp³-hybridized carbons (Fsp3) is 0.200. The van der Waals surface area contributed by atoms with E-state index in [0.29, 0.717) is 30.1 Å². The highest BCUT2D eigenvalue weighted by atomic mass is 16.5. The molecule has 7 heteroatoms. The van der Waals surface area contributed by atoms with Crippen molar-refractivity contribution in [2.45, 2.75) is 31.7 Å². The lowest BCUT2D eigenvalue weighted by Gasteiger charge is -2.17. The van der Waals surface area contributed by atoms with Crippen molar-refractivity contribution in [3.8, 4) is 22.6 Å². The number of aliphatic carboxylic acids is 1. The minimum atomic E-state index is -0.927. The van der Waals surface area contributed by atoms with Crippen LogP contribution in [0.15, 0.2) is 108 Å². The van der Waals surface area contributed by atoms with E-state index >= 15 is 0 Å². The molecular formula is C35H33NO6. The van der Waals surface area contributed by atoms with E-state index in [1.807, 2.05) is 42.5 Å². The zero-order valence-electron chi connectivity index (χ0n) is 23.2. The molecule has 1 aromatic heterocycles. The van der Waals surface area contributed by atoms with Gasteiger partial charge in [0.1, 0.15) is 17.1 Å². The highest BCUT2D eigenvalue weighted by Crippen LogP contribution is 2.33. The molecule has 0 bridgehead atoms. The second kappa shape index (κ2) is 13.7. The second-order valence-electron chi connectivity index (χ2n) is 10.0. The highest BCUT2D eigenvalue weighted by Gasteiger charge is 2.21. The summed E-state index contributed by atoms with van der Waals surface area (Å²) in [7, 11) is 0. The van der Waals surface area contributed by atoms with E-state index in [0.717, 1.165) is 46.3 Å². The monoisotopic (exact) mass is 563 g/mol. The lowest BCUT2D eigenvalue weighted by molar-refractivity contribution is -0.136. The van der Waals surface area contributed by atoms with Crippen molar-refractivity contribution >= 4 is 22.7 Å². The van der Waals surface area contributed by atoms with Crippen LogP contribution in [0, 0.1) is 0 Å². The molecule has 0 aliphatic carbocycles. The molecule has 0 saturated heterocycles. The number of furan rings is 1. The van der Waals surface area contributed by atoms with Crippen LogP contribution in [0.25, 0.3) is 22.1 Å². The number of fused-ring (bicyclic) bond motifs is 1. The van der Waals surface area contributed by atoms with Crippen molar-refractivity contribution in [1.29, 1.82) is 0 Å². The van der Waals surface area contributed by atoms with Gasteiger partial charge < -0.3 is 24.7 Å². The number of benzene rings is 4. The summed E-state index contributed by atoms with van der Waals surface area (Å²) >= 11 is 0. The van der Waals surface area contributed by atoms with Gasteiger partial charge in [0.2, 0.25) is 0 Å². The molecule has 0 spiro atoms. The molecule has 3 N–H and O–H groups in total. The van der Waals surface area contributed by atoms with Gasteiger partial charge in [0.25, 0.3) is 0 Å². The van der Waals surface area contributed by atoms with E-state index in [2.05, 4.69) is 12.1 Å². The lowest BCUT2D eigenvalue weighted by Crippen LogP contribution is -2.23. The van der Waals surface area contributed by atoms with Gasteiger partial charge in [-0.1, -0.05) is 66.7 Å². The Morgan fingerprint density at radius 2 is 1.45 bits per heavy atom. The Morgan fingerprint density at radius 3 is 2.14 bits per heavy atom. The Balaban J connectivity index is 1.15. The number of Topliss-reactive ketones (excluding diaryl/α,β-unsaturated/α-hetero) is 1. The summed E-state index contributed by atoms with van der Waals surface area (Å²) in [6.07, 6.45) is 3.53. The molecule has 0 aliphatic heterocycles. The molecule has 0 aliphatic rings. The van der Waals surface area contributed by atoms with Gasteiger partial charge in [-0.25, -0.2) is 0 Å². The van der Waals surface area contributed by atoms with E-state index in [-0.39, 0.29) is 18.6 Å². The van der Waals surface area contributed by atoms with Gasteiger partial charge in [-0.3, -0.25) is 9.59 Å². The summed E-state index contributed by atoms with van der Waals surface area (Å²) in [5.41, 5.74) is 11.1. The van der Waals surface area contributed by atoms with E-state index < -0.39 is 12.0 Å². The molecular weight excluding hydrogens is 530 g/mol. The first-order valence-corrected chi connectivity index (χ1v) is 14.0. The Hall–Kier alpha value is -4.88. The van der Waals surface area contributed by atoms with Crippen LogP contribution in [0.1, 0.15) is 46.8 Å². The van der Waals surface area contributed by atoms with E-state index in [9.17, 15) is 9.59 Å². The maximum Gasteiger partial charge on any atom is 0.303 e. The number of rotatable bonds is 14. The minimum absolute atomic E-state index is 0.0551. The third kappa shape index (κ3) is 7.06. The van der Waals surface area contributed by atoms with E-state index in [4.69, 9.17) is 24.7 Å². The smallest absolute Gasteiger partial charge is 0.303 e. The van der Waals surface area contributed by atoms with Crippen LogP contribution in [0.2, 0.25) is 0 Å². The van der Waals surface area contributed by atoms with Crippen molar-refractivity contribution in [3.63, 3.8) is 0 Å². The number of carbonyl (C=O) groups excluding carboxylic acids is 1. The molecule has 1 unspecified atom stereocenters. The summed E-state index contributed by atoms with van der Waals surface area (Å²) in [5, 5.41) is 10.2. The minimum Gasteiger partial charge on any atom is -0.494 e. The number of unbranched alkanes of at least 4 members (excludes halogenated alkanes) is 1. The number of nitrogens with two attached hydrogens (primary N) is 1. The first-order chi connectivity index (χ1) is 20.5. The van der Waals surface area contributed by atoms with Gasteiger partial charge in [-0.05, 0) is 60.2 Å². The largest absolute Gasteiger partial charge is 0.494 e. The van der Waals surface area contributed by atoms with E-state index in [1.165, 1.54) is 0 Å². The zero-order chi connectivity index (χ0) is 29.3. The Morgan fingerprint density at radius 1 is 0.810 bits per heavy atom. The maximum atomic E-state index is 13.0. The summed E-state index contributed by atoms with van der Waals surface area (Å²) in [6.45, 7) is 0.980. The van der Waals surface area contributed by atoms with Gasteiger partial charge in [0, 0.05) is 29.0 Å². The number of aryl methyl sites for hydroxylation is 1. The first-order valence-electron chi connectivity index (χ1n) is 14.0. The van der Waals surface area contributed by atoms with Crippen LogP contribution < -0.4 is 15.2 Å². The summed E-state index contributed by atoms with van der Waals surface area (Å²) in [5.74, 6) is 0.188. The Labute approximate surface area is 244 Å². The number of carboxylic acid groups (broad SMARTS) is 1. The molecule has 0 radical (unpaired) electrons. The van der Waals surface area contributed by atoms with Gasteiger partial charge in [0.05, 0.1) is 25.5 Å². The normalized spacial score (nSPS) is 11.7. The van der Waals surface area contributed by atoms with Gasteiger partial charge >= 0.3 is 5.97 Å². The van der Waals surface area contributed by atoms with Crippen LogP contribution >= 0.6 is 0 Å². The van der Waals surface area contributed by atoms with Crippen molar-refractivity contribution in [3.05, 3.63) is 120 Å². The van der Waals surface area contributed by atoms with Gasteiger partial charge in [-0.15, -0.1) is 0 Å². The van der Waals surface area contributed by atoms with E-state index in [1.54, 1.807) is 48.7 Å². The molecule has 0 fully saturated rings. The fourth-order valence-electron chi connectivity index (χ4n) is 4.87. The summed E-state index contributed by atoms with van der Waals surface area (Å²) in [4.78, 5) is 24.2. The third-order valence-electron chi connectivity index (χ3n) is 7.11. The topological polar surface area (TPSA) is 112 Å². The summed E-state index contributed by atoms with van der Waals surface area (Å²) < 4.78 is 17.7. The average molecular weight is 564 g/mol. The average Bonchev–Trinajstić information content (AvgIpc) is 3.45. The molecule has 0 amide bonds. The molecule has 0 saturated carbocycles. The van der Waals surface area contributed by atoms with Crippen LogP contribution in [0.5, 0.6) is 11.5 Å². The van der Waals surface area contributed by atoms with Crippen LogP contribution in [0.4, 0.5) is 0 Å². The Kier molecular flexibility index (Phi) is 9.31. The van der Waals surface area contributed by atoms with Crippen LogP contribution in [0.3, 0.4) is 0 Å². The number of carboxylic acids is 1. The quantitative estimate of drug-likeness (QED) is 0.108. The van der Waals surface area contributed by atoms with Crippen molar-refractivity contribution in [2.24, 2.45) is 5.73 Å². The number of ketones is 1. The molecule has 5 aromatic rings. The molecule has 7 nitrogen and oxygen atoms in total. The molecule has 42 heavy (non-hydrogen) atoms. The number of hydrogen-bond donors (Lipinski definition) is 2. The summed E-state index contributed by atoms with van der Waals surface area (Å²) in [6, 6.07) is 29.3. The number of carbonyl (C=O) groups is 2. The molecule has 1 atom stereocenters. The van der Waals surface area contributed by atoms with Crippen molar-refractivity contribution in [1.82, 2.24) is 0 Å². The molecule has 214 valence electrons.